The van der Waals surface area contributed by atoms with Crippen molar-refractivity contribution in [2.45, 2.75) is 6.42 Å². The Morgan fingerprint density at radius 1 is 1.16 bits per heavy atom. The van der Waals surface area contributed by atoms with Crippen molar-refractivity contribution in [2.24, 2.45) is 5.92 Å². The number of esters is 1. The number of nitrogens with zero attached hydrogens (tertiary/aromatic N) is 3. The van der Waals surface area contributed by atoms with Gasteiger partial charge in [-0.05, 0) is 24.3 Å². The first-order valence-corrected chi connectivity index (χ1v) is 10.7. The van der Waals surface area contributed by atoms with E-state index in [0.29, 0.717) is 47.1 Å². The predicted molar refractivity (Wildman–Crippen MR) is 115 cm³/mol. The Bertz CT molecular complexity index is 1210. The van der Waals surface area contributed by atoms with Crippen molar-refractivity contribution >= 4 is 51.9 Å². The lowest BCUT2D eigenvalue weighted by molar-refractivity contribution is -0.151. The van der Waals surface area contributed by atoms with Gasteiger partial charge in [0.2, 0.25) is 5.91 Å². The van der Waals surface area contributed by atoms with Crippen LogP contribution in [0.25, 0.3) is 11.0 Å². The van der Waals surface area contributed by atoms with Crippen LogP contribution < -0.4 is 19.7 Å². The summed E-state index contributed by atoms with van der Waals surface area (Å²) in [6.07, 6.45) is 0.0126. The van der Waals surface area contributed by atoms with E-state index in [0.717, 1.165) is 11.7 Å². The van der Waals surface area contributed by atoms with Crippen molar-refractivity contribution in [1.29, 1.82) is 0 Å². The quantitative estimate of drug-likeness (QED) is 0.582. The molecule has 1 saturated heterocycles. The number of carbonyl (C=O) groups excluding carboxylic acids is 3. The monoisotopic (exact) mass is 454 g/mol. The van der Waals surface area contributed by atoms with Gasteiger partial charge >= 0.3 is 5.97 Å². The third-order valence-electron chi connectivity index (χ3n) is 5.20. The maximum Gasteiger partial charge on any atom is 0.311 e. The molecule has 1 aromatic heterocycles. The summed E-state index contributed by atoms with van der Waals surface area (Å²) in [7, 11) is 0. The van der Waals surface area contributed by atoms with Crippen LogP contribution in [0.3, 0.4) is 0 Å². The molecule has 0 radical (unpaired) electrons. The van der Waals surface area contributed by atoms with Crippen LogP contribution in [0.2, 0.25) is 0 Å². The number of fused-ring (bicyclic) bond motifs is 2. The van der Waals surface area contributed by atoms with E-state index < -0.39 is 24.4 Å². The van der Waals surface area contributed by atoms with Crippen molar-refractivity contribution in [1.82, 2.24) is 8.75 Å². The van der Waals surface area contributed by atoms with Gasteiger partial charge in [-0.15, -0.1) is 0 Å². The Balaban J connectivity index is 1.18. The topological polar surface area (TPSA) is 120 Å². The lowest BCUT2D eigenvalue weighted by Crippen LogP contribution is -2.28. The molecule has 0 bridgehead atoms. The van der Waals surface area contributed by atoms with Gasteiger partial charge in [0.15, 0.2) is 18.1 Å². The molecule has 11 heteroatoms. The van der Waals surface area contributed by atoms with E-state index >= 15 is 0 Å². The van der Waals surface area contributed by atoms with E-state index in [1.54, 1.807) is 36.4 Å². The molecular formula is C21H18N4O6S. The molecule has 0 spiro atoms. The van der Waals surface area contributed by atoms with E-state index in [-0.39, 0.29) is 18.9 Å². The Morgan fingerprint density at radius 3 is 2.88 bits per heavy atom. The van der Waals surface area contributed by atoms with Gasteiger partial charge in [-0.1, -0.05) is 6.07 Å². The van der Waals surface area contributed by atoms with Crippen LogP contribution in [0.4, 0.5) is 11.4 Å². The summed E-state index contributed by atoms with van der Waals surface area (Å²) in [5, 5.41) is 2.67. The molecule has 32 heavy (non-hydrogen) atoms. The van der Waals surface area contributed by atoms with Gasteiger partial charge < -0.3 is 24.4 Å². The van der Waals surface area contributed by atoms with Crippen molar-refractivity contribution in [3.63, 3.8) is 0 Å². The minimum atomic E-state index is -0.658. The molecule has 10 nitrogen and oxygen atoms in total. The first-order chi connectivity index (χ1) is 15.6. The van der Waals surface area contributed by atoms with Crippen LogP contribution in [-0.2, 0) is 19.1 Å². The maximum absolute atomic E-state index is 12.5. The molecule has 2 aromatic carbocycles. The molecule has 2 aliphatic rings. The minimum Gasteiger partial charge on any atom is -0.486 e. The molecule has 5 rings (SSSR count). The number of amides is 2. The number of hydrogen-bond donors (Lipinski definition) is 1. The second kappa shape index (κ2) is 8.42. The lowest BCUT2D eigenvalue weighted by Gasteiger charge is -2.22. The largest absolute Gasteiger partial charge is 0.486 e. The van der Waals surface area contributed by atoms with Gasteiger partial charge in [0.1, 0.15) is 24.2 Å². The Morgan fingerprint density at radius 2 is 2.00 bits per heavy atom. The second-order valence-corrected chi connectivity index (χ2v) is 7.86. The third-order valence-corrected chi connectivity index (χ3v) is 5.74. The van der Waals surface area contributed by atoms with E-state index in [9.17, 15) is 14.4 Å². The highest BCUT2D eigenvalue weighted by Gasteiger charge is 2.36. The number of aromatic nitrogens is 2. The standard InChI is InChI=1S/C21H18N4O6S/c26-18(22-14-2-1-3-15-20(14)24-32-23-15)11-31-21(28)12-8-19(27)25(10-12)13-4-5-16-17(9-13)30-7-6-29-16/h1-5,9,12H,6-8,10-11H2,(H,22,26). The summed E-state index contributed by atoms with van der Waals surface area (Å²) >= 11 is 1.05. The van der Waals surface area contributed by atoms with E-state index in [2.05, 4.69) is 14.1 Å². The van der Waals surface area contributed by atoms with Crippen LogP contribution in [0, 0.1) is 5.92 Å². The lowest BCUT2D eigenvalue weighted by atomic mass is 10.1. The number of anilines is 2. The maximum atomic E-state index is 12.5. The fourth-order valence-corrected chi connectivity index (χ4v) is 4.21. The zero-order valence-electron chi connectivity index (χ0n) is 16.8. The highest BCUT2D eigenvalue weighted by Crippen LogP contribution is 2.36. The minimum absolute atomic E-state index is 0.0126. The normalized spacial score (nSPS) is 17.4. The zero-order valence-corrected chi connectivity index (χ0v) is 17.6. The van der Waals surface area contributed by atoms with Gasteiger partial charge in [0, 0.05) is 24.7 Å². The molecular weight excluding hydrogens is 436 g/mol. The average Bonchev–Trinajstić information content (AvgIpc) is 3.44. The van der Waals surface area contributed by atoms with Crippen LogP contribution >= 0.6 is 11.7 Å². The Kier molecular flexibility index (Phi) is 5.31. The van der Waals surface area contributed by atoms with Crippen LogP contribution in [0.1, 0.15) is 6.42 Å². The van der Waals surface area contributed by atoms with E-state index in [1.165, 1.54) is 4.90 Å². The summed E-state index contributed by atoms with van der Waals surface area (Å²) in [6, 6.07) is 10.5. The summed E-state index contributed by atoms with van der Waals surface area (Å²) in [5.41, 5.74) is 2.37. The summed E-state index contributed by atoms with van der Waals surface area (Å²) in [6.45, 7) is 0.630. The van der Waals surface area contributed by atoms with Gasteiger partial charge in [0.25, 0.3) is 5.91 Å². The molecule has 1 N–H and O–H groups in total. The molecule has 1 fully saturated rings. The predicted octanol–water partition coefficient (Wildman–Crippen LogP) is 2.00. The smallest absolute Gasteiger partial charge is 0.311 e. The molecule has 164 valence electrons. The van der Waals surface area contributed by atoms with Crippen molar-refractivity contribution in [3.8, 4) is 11.5 Å². The second-order valence-electron chi connectivity index (χ2n) is 7.33. The number of hydrogen-bond acceptors (Lipinski definition) is 9. The molecule has 3 aromatic rings. The molecule has 2 amide bonds. The molecule has 0 saturated carbocycles. The number of rotatable bonds is 5. The summed E-state index contributed by atoms with van der Waals surface area (Å²) < 4.78 is 24.5. The van der Waals surface area contributed by atoms with E-state index in [1.807, 2.05) is 0 Å². The van der Waals surface area contributed by atoms with Gasteiger partial charge in [0.05, 0.1) is 23.3 Å². The van der Waals surface area contributed by atoms with Crippen LogP contribution in [-0.4, -0.2) is 52.9 Å². The Hall–Kier alpha value is -3.73. The Labute approximate surface area is 186 Å². The highest BCUT2D eigenvalue weighted by molar-refractivity contribution is 7.00. The molecule has 3 heterocycles. The van der Waals surface area contributed by atoms with E-state index in [4.69, 9.17) is 14.2 Å². The first-order valence-electron chi connectivity index (χ1n) is 9.96. The first kappa shape index (κ1) is 20.2. The van der Waals surface area contributed by atoms with Crippen molar-refractivity contribution in [3.05, 3.63) is 36.4 Å². The average molecular weight is 454 g/mol. The number of carbonyl (C=O) groups is 3. The van der Waals surface area contributed by atoms with Gasteiger partial charge in [-0.3, -0.25) is 14.4 Å². The summed E-state index contributed by atoms with van der Waals surface area (Å²) in [4.78, 5) is 38.7. The number of benzene rings is 2. The fourth-order valence-electron chi connectivity index (χ4n) is 3.66. The molecule has 1 atom stereocenters. The van der Waals surface area contributed by atoms with Crippen molar-refractivity contribution in [2.75, 3.05) is 36.6 Å². The summed E-state index contributed by atoms with van der Waals surface area (Å²) in [5.74, 6) is -0.758. The van der Waals surface area contributed by atoms with Crippen LogP contribution in [0.5, 0.6) is 11.5 Å². The number of nitrogens with one attached hydrogen (secondary N) is 1. The third kappa shape index (κ3) is 3.94. The molecule has 0 aliphatic carbocycles. The van der Waals surface area contributed by atoms with Crippen molar-refractivity contribution < 1.29 is 28.6 Å². The molecule has 2 aliphatic heterocycles. The van der Waals surface area contributed by atoms with Gasteiger partial charge in [-0.25, -0.2) is 0 Å². The fraction of sp³-hybridized carbons (Fsp3) is 0.286. The zero-order chi connectivity index (χ0) is 22.1. The number of ether oxygens (including phenoxy) is 3. The molecule has 1 unspecified atom stereocenters. The highest BCUT2D eigenvalue weighted by atomic mass is 32.1. The SMILES string of the molecule is O=C(COC(=O)C1CC(=O)N(c2ccc3c(c2)OCCO3)C1)Nc1cccc2nsnc12. The van der Waals surface area contributed by atoms with Gasteiger partial charge in [-0.2, -0.15) is 8.75 Å². The van der Waals surface area contributed by atoms with Crippen LogP contribution in [0.15, 0.2) is 36.4 Å².